The van der Waals surface area contributed by atoms with Crippen molar-refractivity contribution in [2.24, 2.45) is 0 Å². The van der Waals surface area contributed by atoms with Crippen LogP contribution >= 0.6 is 23.2 Å². The summed E-state index contributed by atoms with van der Waals surface area (Å²) >= 11 is 12.2. The average Bonchev–Trinajstić information content (AvgIpc) is 2.83. The van der Waals surface area contributed by atoms with Crippen molar-refractivity contribution in [3.05, 3.63) is 51.9 Å². The number of rotatable bonds is 2. The molecule has 1 heterocycles. The van der Waals surface area contributed by atoms with Gasteiger partial charge in [0.05, 0.1) is 23.0 Å². The highest BCUT2D eigenvalue weighted by Gasteiger charge is 2.22. The molecule has 2 nitrogen and oxygen atoms in total. The number of aryl methyl sites for hydroxylation is 1. The van der Waals surface area contributed by atoms with E-state index in [1.165, 1.54) is 5.56 Å². The number of nitrogens with one attached hydrogen (secondary N) is 1. The number of fused-ring (bicyclic) bond motifs is 1. The van der Waals surface area contributed by atoms with E-state index in [-0.39, 0.29) is 6.04 Å². The van der Waals surface area contributed by atoms with Crippen LogP contribution in [0.3, 0.4) is 0 Å². The lowest BCUT2D eigenvalue weighted by Crippen LogP contribution is -2.16. The maximum atomic E-state index is 6.17. The van der Waals surface area contributed by atoms with Gasteiger partial charge in [-0.25, -0.2) is 0 Å². The molecule has 1 N–H and O–H groups in total. The highest BCUT2D eigenvalue weighted by atomic mass is 35.5. The van der Waals surface area contributed by atoms with E-state index in [4.69, 9.17) is 27.6 Å². The van der Waals surface area contributed by atoms with E-state index in [1.54, 1.807) is 12.3 Å². The quantitative estimate of drug-likeness (QED) is 0.831. The van der Waals surface area contributed by atoms with Crippen LogP contribution in [0.4, 0.5) is 5.69 Å². The Morgan fingerprint density at radius 1 is 1.22 bits per heavy atom. The van der Waals surface area contributed by atoms with Crippen molar-refractivity contribution >= 4 is 28.9 Å². The van der Waals surface area contributed by atoms with E-state index >= 15 is 0 Å². The van der Waals surface area contributed by atoms with Crippen LogP contribution in [0.2, 0.25) is 10.0 Å². The second-order valence-electron chi connectivity index (χ2n) is 4.51. The molecule has 0 amide bonds. The summed E-state index contributed by atoms with van der Waals surface area (Å²) in [6, 6.07) is 7.75. The van der Waals surface area contributed by atoms with Crippen molar-refractivity contribution in [3.63, 3.8) is 0 Å². The van der Waals surface area contributed by atoms with E-state index in [1.807, 2.05) is 18.2 Å². The molecular formula is C14H13Cl2NO. The molecule has 1 aliphatic rings. The maximum Gasteiger partial charge on any atom is 0.109 e. The van der Waals surface area contributed by atoms with Gasteiger partial charge in [-0.2, -0.15) is 0 Å². The van der Waals surface area contributed by atoms with Crippen LogP contribution in [0.25, 0.3) is 0 Å². The Labute approximate surface area is 116 Å². The first-order chi connectivity index (χ1) is 8.74. The molecule has 0 saturated heterocycles. The summed E-state index contributed by atoms with van der Waals surface area (Å²) in [7, 11) is 0. The van der Waals surface area contributed by atoms with Gasteiger partial charge in [-0.3, -0.25) is 0 Å². The summed E-state index contributed by atoms with van der Waals surface area (Å²) in [5, 5.41) is 4.83. The summed E-state index contributed by atoms with van der Waals surface area (Å²) in [4.78, 5) is 0. The number of furan rings is 1. The Kier molecular flexibility index (Phi) is 3.23. The van der Waals surface area contributed by atoms with Crippen LogP contribution < -0.4 is 5.32 Å². The van der Waals surface area contributed by atoms with E-state index in [0.29, 0.717) is 10.0 Å². The summed E-state index contributed by atoms with van der Waals surface area (Å²) in [5.41, 5.74) is 2.11. The van der Waals surface area contributed by atoms with Crippen LogP contribution in [0.5, 0.6) is 0 Å². The monoisotopic (exact) mass is 281 g/mol. The molecule has 18 heavy (non-hydrogen) atoms. The fourth-order valence-corrected chi connectivity index (χ4v) is 2.78. The van der Waals surface area contributed by atoms with Gasteiger partial charge in [-0.15, -0.1) is 0 Å². The lowest BCUT2D eigenvalue weighted by molar-refractivity contribution is 0.461. The molecule has 0 aliphatic heterocycles. The Bertz CT molecular complexity index is 565. The highest BCUT2D eigenvalue weighted by molar-refractivity contribution is 6.35. The summed E-state index contributed by atoms with van der Waals surface area (Å²) in [6.07, 6.45) is 4.97. The third-order valence-corrected chi connectivity index (χ3v) is 3.87. The van der Waals surface area contributed by atoms with E-state index in [2.05, 4.69) is 5.32 Å². The van der Waals surface area contributed by atoms with Gasteiger partial charge >= 0.3 is 0 Å². The summed E-state index contributed by atoms with van der Waals surface area (Å²) < 4.78 is 5.48. The Morgan fingerprint density at radius 3 is 3.00 bits per heavy atom. The predicted octanol–water partition coefficient (Wildman–Crippen LogP) is 5.08. The van der Waals surface area contributed by atoms with Crippen molar-refractivity contribution in [2.45, 2.75) is 25.3 Å². The largest absolute Gasteiger partial charge is 0.469 e. The molecule has 94 valence electrons. The smallest absolute Gasteiger partial charge is 0.109 e. The molecule has 0 spiro atoms. The van der Waals surface area contributed by atoms with Gasteiger partial charge < -0.3 is 9.73 Å². The van der Waals surface area contributed by atoms with Crippen molar-refractivity contribution in [2.75, 3.05) is 5.32 Å². The third-order valence-electron chi connectivity index (χ3n) is 3.31. The zero-order valence-electron chi connectivity index (χ0n) is 9.75. The molecule has 0 fully saturated rings. The van der Waals surface area contributed by atoms with Crippen molar-refractivity contribution in [3.8, 4) is 0 Å². The van der Waals surface area contributed by atoms with E-state index < -0.39 is 0 Å². The molecule has 1 unspecified atom stereocenters. The number of hydrogen-bond acceptors (Lipinski definition) is 2. The third kappa shape index (κ3) is 2.23. The van der Waals surface area contributed by atoms with Crippen LogP contribution in [0.15, 0.2) is 34.9 Å². The molecule has 1 atom stereocenters. The first-order valence-electron chi connectivity index (χ1n) is 6.02. The predicted molar refractivity (Wildman–Crippen MR) is 74.5 cm³/mol. The topological polar surface area (TPSA) is 25.2 Å². The fourth-order valence-electron chi connectivity index (χ4n) is 2.43. The van der Waals surface area contributed by atoms with Crippen LogP contribution in [0, 0.1) is 0 Å². The van der Waals surface area contributed by atoms with Crippen LogP contribution in [0.1, 0.15) is 30.2 Å². The number of benzene rings is 1. The molecule has 1 aromatic carbocycles. The van der Waals surface area contributed by atoms with Gasteiger partial charge in [-0.05, 0) is 37.1 Å². The van der Waals surface area contributed by atoms with Crippen molar-refractivity contribution in [1.29, 1.82) is 0 Å². The van der Waals surface area contributed by atoms with Crippen LogP contribution in [-0.2, 0) is 6.42 Å². The van der Waals surface area contributed by atoms with E-state index in [0.717, 1.165) is 30.7 Å². The minimum Gasteiger partial charge on any atom is -0.469 e. The second kappa shape index (κ2) is 4.87. The maximum absolute atomic E-state index is 6.17. The molecular weight excluding hydrogens is 269 g/mol. The van der Waals surface area contributed by atoms with Crippen molar-refractivity contribution < 1.29 is 4.42 Å². The molecule has 1 aliphatic carbocycles. The first kappa shape index (κ1) is 11.9. The summed E-state index contributed by atoms with van der Waals surface area (Å²) in [5.74, 6) is 1.08. The Morgan fingerprint density at radius 2 is 2.11 bits per heavy atom. The van der Waals surface area contributed by atoms with Crippen molar-refractivity contribution in [1.82, 2.24) is 0 Å². The lowest BCUT2D eigenvalue weighted by atomic mass is 9.93. The lowest BCUT2D eigenvalue weighted by Gasteiger charge is -2.24. The molecule has 0 radical (unpaired) electrons. The molecule has 3 rings (SSSR count). The molecule has 1 aromatic heterocycles. The van der Waals surface area contributed by atoms with Gasteiger partial charge in [0.25, 0.3) is 0 Å². The second-order valence-corrected chi connectivity index (χ2v) is 5.36. The number of anilines is 1. The minimum absolute atomic E-state index is 0.253. The Balaban J connectivity index is 1.88. The highest BCUT2D eigenvalue weighted by Crippen LogP contribution is 2.35. The number of hydrogen-bond donors (Lipinski definition) is 1. The summed E-state index contributed by atoms with van der Waals surface area (Å²) in [6.45, 7) is 0. The number of halogens is 2. The molecule has 4 heteroatoms. The van der Waals surface area contributed by atoms with E-state index in [9.17, 15) is 0 Å². The first-order valence-corrected chi connectivity index (χ1v) is 6.77. The zero-order chi connectivity index (χ0) is 12.5. The zero-order valence-corrected chi connectivity index (χ0v) is 11.3. The van der Waals surface area contributed by atoms with Gasteiger partial charge in [0.1, 0.15) is 5.76 Å². The molecule has 0 bridgehead atoms. The molecule has 0 saturated carbocycles. The van der Waals surface area contributed by atoms with Gasteiger partial charge in [-0.1, -0.05) is 23.2 Å². The average molecular weight is 282 g/mol. The van der Waals surface area contributed by atoms with Gasteiger partial charge in [0.15, 0.2) is 0 Å². The van der Waals surface area contributed by atoms with Crippen LogP contribution in [-0.4, -0.2) is 0 Å². The van der Waals surface area contributed by atoms with Gasteiger partial charge in [0, 0.05) is 17.0 Å². The standard InChI is InChI=1S/C14H13Cl2NO/c15-9-4-5-11(16)13(8-9)17-12-2-1-3-14-10(12)6-7-18-14/h4-8,12,17H,1-3H2. The Hall–Kier alpha value is -1.12. The normalized spacial score (nSPS) is 18.4. The molecule has 2 aromatic rings. The fraction of sp³-hybridized carbons (Fsp3) is 0.286. The van der Waals surface area contributed by atoms with Gasteiger partial charge in [0.2, 0.25) is 0 Å². The minimum atomic E-state index is 0.253. The SMILES string of the molecule is Clc1ccc(Cl)c(NC2CCCc3occc32)c1.